The summed E-state index contributed by atoms with van der Waals surface area (Å²) in [4.78, 5) is 25.3. The molecule has 0 atom stereocenters. The number of aliphatic hydroxyl groups excluding tert-OH is 1. The van der Waals surface area contributed by atoms with Gasteiger partial charge in [-0.3, -0.25) is 9.59 Å². The van der Waals surface area contributed by atoms with Crippen LogP contribution < -0.4 is 10.9 Å². The van der Waals surface area contributed by atoms with Crippen molar-refractivity contribution >= 4 is 11.6 Å². The van der Waals surface area contributed by atoms with E-state index in [1.165, 1.54) is 18.3 Å². The first-order chi connectivity index (χ1) is 9.69. The van der Waals surface area contributed by atoms with E-state index < -0.39 is 0 Å². The molecule has 1 aromatic heterocycles. The molecule has 2 aromatic rings. The van der Waals surface area contributed by atoms with Gasteiger partial charge in [0.15, 0.2) is 0 Å². The highest BCUT2D eigenvalue weighted by atomic mass is 16.2. The van der Waals surface area contributed by atoms with E-state index in [0.717, 1.165) is 0 Å². The molecular weight excluding hydrogens is 256 g/mol. The molecule has 5 nitrogen and oxygen atoms in total. The Morgan fingerprint density at radius 3 is 2.85 bits per heavy atom. The van der Waals surface area contributed by atoms with Crippen LogP contribution >= 0.6 is 0 Å². The number of aliphatic hydroxyl groups is 1. The first-order valence-electron chi connectivity index (χ1n) is 5.89. The number of aromatic amines is 1. The van der Waals surface area contributed by atoms with Gasteiger partial charge in [0.2, 0.25) is 5.56 Å². The molecule has 0 spiro atoms. The van der Waals surface area contributed by atoms with E-state index in [1.807, 2.05) is 0 Å². The minimum atomic E-state index is -0.325. The van der Waals surface area contributed by atoms with Crippen LogP contribution in [0.4, 0.5) is 5.69 Å². The van der Waals surface area contributed by atoms with Gasteiger partial charge in [-0.2, -0.15) is 0 Å². The van der Waals surface area contributed by atoms with Crippen LogP contribution in [-0.2, 0) is 0 Å². The minimum Gasteiger partial charge on any atom is -0.384 e. The molecule has 3 N–H and O–H groups in total. The van der Waals surface area contributed by atoms with E-state index in [2.05, 4.69) is 22.1 Å². The van der Waals surface area contributed by atoms with Crippen LogP contribution in [0.5, 0.6) is 0 Å². The van der Waals surface area contributed by atoms with Gasteiger partial charge in [0, 0.05) is 23.5 Å². The number of pyridine rings is 1. The molecule has 1 heterocycles. The quantitative estimate of drug-likeness (QED) is 0.710. The van der Waals surface area contributed by atoms with Crippen LogP contribution in [0.15, 0.2) is 47.4 Å². The second-order valence-corrected chi connectivity index (χ2v) is 3.94. The maximum atomic E-state index is 11.9. The Labute approximate surface area is 115 Å². The summed E-state index contributed by atoms with van der Waals surface area (Å²) in [5.41, 5.74) is 1.38. The van der Waals surface area contributed by atoms with Crippen molar-refractivity contribution < 1.29 is 9.90 Å². The average Bonchev–Trinajstić information content (AvgIpc) is 2.46. The van der Waals surface area contributed by atoms with Crippen molar-refractivity contribution in [3.63, 3.8) is 0 Å². The third-order valence-electron chi connectivity index (χ3n) is 2.48. The number of hydrogen-bond donors (Lipinski definition) is 3. The summed E-state index contributed by atoms with van der Waals surface area (Å²) < 4.78 is 0. The van der Waals surface area contributed by atoms with Crippen LogP contribution in [0.3, 0.4) is 0 Å². The number of rotatable bonds is 2. The summed E-state index contributed by atoms with van der Waals surface area (Å²) in [6, 6.07) is 9.70. The zero-order valence-electron chi connectivity index (χ0n) is 10.5. The molecule has 0 radical (unpaired) electrons. The summed E-state index contributed by atoms with van der Waals surface area (Å²) in [5.74, 6) is 4.97. The number of anilines is 1. The molecule has 0 aliphatic heterocycles. The van der Waals surface area contributed by atoms with Gasteiger partial charge < -0.3 is 15.4 Å². The smallest absolute Gasteiger partial charge is 0.257 e. The van der Waals surface area contributed by atoms with Crippen LogP contribution in [0.1, 0.15) is 15.9 Å². The Balaban J connectivity index is 2.15. The lowest BCUT2D eigenvalue weighted by molar-refractivity contribution is 0.102. The fourth-order valence-electron chi connectivity index (χ4n) is 1.57. The van der Waals surface area contributed by atoms with E-state index in [0.29, 0.717) is 16.8 Å². The third kappa shape index (κ3) is 3.57. The summed E-state index contributed by atoms with van der Waals surface area (Å²) in [7, 11) is 0. The normalized spacial score (nSPS) is 9.45. The second-order valence-electron chi connectivity index (χ2n) is 3.94. The Bertz CT molecular complexity index is 718. The molecule has 100 valence electrons. The van der Waals surface area contributed by atoms with Gasteiger partial charge in [0.25, 0.3) is 5.91 Å². The number of H-pyrrole nitrogens is 1. The van der Waals surface area contributed by atoms with Gasteiger partial charge in [0.05, 0.1) is 5.56 Å². The molecule has 5 heteroatoms. The number of benzene rings is 1. The topological polar surface area (TPSA) is 82.2 Å². The lowest BCUT2D eigenvalue weighted by Crippen LogP contribution is -2.14. The zero-order valence-corrected chi connectivity index (χ0v) is 10.5. The molecule has 0 aliphatic carbocycles. The lowest BCUT2D eigenvalue weighted by atomic mass is 10.2. The summed E-state index contributed by atoms with van der Waals surface area (Å²) in [6.45, 7) is -0.214. The number of carbonyl (C=O) groups is 1. The number of amides is 1. The molecule has 2 rings (SSSR count). The van der Waals surface area contributed by atoms with Gasteiger partial charge in [-0.1, -0.05) is 17.9 Å². The van der Waals surface area contributed by atoms with E-state index in [-0.39, 0.29) is 18.1 Å². The van der Waals surface area contributed by atoms with E-state index in [4.69, 9.17) is 5.11 Å². The van der Waals surface area contributed by atoms with Crippen molar-refractivity contribution in [2.75, 3.05) is 11.9 Å². The van der Waals surface area contributed by atoms with Gasteiger partial charge in [-0.15, -0.1) is 0 Å². The molecule has 0 fully saturated rings. The molecule has 0 saturated heterocycles. The lowest BCUT2D eigenvalue weighted by Gasteiger charge is -2.05. The monoisotopic (exact) mass is 268 g/mol. The van der Waals surface area contributed by atoms with Crippen molar-refractivity contribution in [3.8, 4) is 11.8 Å². The Hall–Kier alpha value is -2.84. The number of hydrogen-bond acceptors (Lipinski definition) is 3. The van der Waals surface area contributed by atoms with E-state index >= 15 is 0 Å². The maximum absolute atomic E-state index is 11.9. The van der Waals surface area contributed by atoms with Crippen molar-refractivity contribution in [1.29, 1.82) is 0 Å². The second kappa shape index (κ2) is 6.36. The average molecular weight is 268 g/mol. The SMILES string of the molecule is O=C(Nc1cccc(C#CCO)c1)c1ccc(=O)[nH]c1. The molecule has 0 unspecified atom stereocenters. The van der Waals surface area contributed by atoms with Crippen molar-refractivity contribution in [3.05, 3.63) is 64.1 Å². The summed E-state index contributed by atoms with van der Waals surface area (Å²) in [5, 5.41) is 11.3. The maximum Gasteiger partial charge on any atom is 0.257 e. The zero-order chi connectivity index (χ0) is 14.4. The predicted molar refractivity (Wildman–Crippen MR) is 75.4 cm³/mol. The van der Waals surface area contributed by atoms with Crippen LogP contribution in [0, 0.1) is 11.8 Å². The molecule has 20 heavy (non-hydrogen) atoms. The van der Waals surface area contributed by atoms with Gasteiger partial charge in [0.1, 0.15) is 6.61 Å². The van der Waals surface area contributed by atoms with Crippen LogP contribution in [0.25, 0.3) is 0 Å². The fourth-order valence-corrected chi connectivity index (χ4v) is 1.57. The molecule has 0 aliphatic rings. The first-order valence-corrected chi connectivity index (χ1v) is 5.89. The van der Waals surface area contributed by atoms with E-state index in [1.54, 1.807) is 24.3 Å². The van der Waals surface area contributed by atoms with Gasteiger partial charge >= 0.3 is 0 Å². The van der Waals surface area contributed by atoms with Crippen molar-refractivity contribution in [2.24, 2.45) is 0 Å². The number of nitrogens with one attached hydrogen (secondary N) is 2. The minimum absolute atomic E-state index is 0.214. The molecule has 0 bridgehead atoms. The number of aromatic nitrogens is 1. The van der Waals surface area contributed by atoms with Crippen LogP contribution in [-0.4, -0.2) is 22.6 Å². The highest BCUT2D eigenvalue weighted by Gasteiger charge is 2.05. The molecule has 0 saturated carbocycles. The standard InChI is InChI=1S/C15H12N2O3/c18-8-2-4-11-3-1-5-13(9-11)17-15(20)12-6-7-14(19)16-10-12/h1,3,5-7,9-10,18H,8H2,(H,16,19)(H,17,20). The molecule has 1 amide bonds. The van der Waals surface area contributed by atoms with Crippen molar-refractivity contribution in [2.45, 2.75) is 0 Å². The highest BCUT2D eigenvalue weighted by molar-refractivity contribution is 6.04. The molecular formula is C15H12N2O3. The van der Waals surface area contributed by atoms with Gasteiger partial charge in [-0.05, 0) is 24.3 Å². The third-order valence-corrected chi connectivity index (χ3v) is 2.48. The predicted octanol–water partition coefficient (Wildman–Crippen LogP) is 0.971. The summed E-state index contributed by atoms with van der Waals surface area (Å²) >= 11 is 0. The van der Waals surface area contributed by atoms with Crippen LogP contribution in [0.2, 0.25) is 0 Å². The highest BCUT2D eigenvalue weighted by Crippen LogP contribution is 2.11. The first kappa shape index (κ1) is 13.6. The number of carbonyl (C=O) groups excluding carboxylic acids is 1. The Morgan fingerprint density at radius 1 is 1.30 bits per heavy atom. The Kier molecular flexibility index (Phi) is 4.32. The largest absolute Gasteiger partial charge is 0.384 e. The fraction of sp³-hybridized carbons (Fsp3) is 0.0667. The van der Waals surface area contributed by atoms with E-state index in [9.17, 15) is 9.59 Å². The Morgan fingerprint density at radius 2 is 2.15 bits per heavy atom. The van der Waals surface area contributed by atoms with Crippen molar-refractivity contribution in [1.82, 2.24) is 4.98 Å². The summed E-state index contributed by atoms with van der Waals surface area (Å²) in [6.07, 6.45) is 1.35. The van der Waals surface area contributed by atoms with Gasteiger partial charge in [-0.25, -0.2) is 0 Å². The molecule has 1 aromatic carbocycles.